The third-order valence-corrected chi connectivity index (χ3v) is 4.76. The van der Waals surface area contributed by atoms with E-state index < -0.39 is 8.07 Å². The van der Waals surface area contributed by atoms with E-state index in [1.807, 2.05) is 30.3 Å². The summed E-state index contributed by atoms with van der Waals surface area (Å²) in [6.07, 6.45) is 0. The number of rotatable bonds is 3. The zero-order valence-electron chi connectivity index (χ0n) is 10.6. The molecule has 0 aliphatic rings. The first kappa shape index (κ1) is 11.9. The number of hydrogen-bond acceptors (Lipinski definition) is 1. The molecule has 0 unspecified atom stereocenters. The Morgan fingerprint density at radius 3 is 1.76 bits per heavy atom. The summed E-state index contributed by atoms with van der Waals surface area (Å²) in [6, 6.07) is 18.4. The second kappa shape index (κ2) is 4.76. The Kier molecular flexibility index (Phi) is 3.34. The fourth-order valence-electron chi connectivity index (χ4n) is 1.65. The van der Waals surface area contributed by atoms with E-state index in [2.05, 4.69) is 43.9 Å². The molecule has 2 aromatic rings. The summed E-state index contributed by atoms with van der Waals surface area (Å²) < 4.78 is 5.76. The lowest BCUT2D eigenvalue weighted by Crippen LogP contribution is -2.37. The lowest BCUT2D eigenvalue weighted by atomic mass is 10.3. The molecule has 0 radical (unpaired) electrons. The van der Waals surface area contributed by atoms with Crippen LogP contribution in [0.15, 0.2) is 54.6 Å². The lowest BCUT2D eigenvalue weighted by molar-refractivity contribution is 0.483. The van der Waals surface area contributed by atoms with Gasteiger partial charge in [-0.25, -0.2) is 0 Å². The molecule has 0 saturated heterocycles. The summed E-state index contributed by atoms with van der Waals surface area (Å²) in [5, 5.41) is 1.46. The Morgan fingerprint density at radius 1 is 0.706 bits per heavy atom. The summed E-state index contributed by atoms with van der Waals surface area (Å²) in [5.41, 5.74) is 0. The van der Waals surface area contributed by atoms with Crippen molar-refractivity contribution >= 4 is 13.3 Å². The predicted octanol–water partition coefficient (Wildman–Crippen LogP) is 4.02. The highest BCUT2D eigenvalue weighted by molar-refractivity contribution is 6.88. The molecule has 0 aliphatic carbocycles. The first-order valence-corrected chi connectivity index (χ1v) is 9.39. The maximum Gasteiger partial charge on any atom is 0.127 e. The van der Waals surface area contributed by atoms with Crippen LogP contribution in [0.1, 0.15) is 0 Å². The summed E-state index contributed by atoms with van der Waals surface area (Å²) in [4.78, 5) is 0. The van der Waals surface area contributed by atoms with Crippen LogP contribution in [0, 0.1) is 0 Å². The quantitative estimate of drug-likeness (QED) is 0.739. The molecule has 0 amide bonds. The van der Waals surface area contributed by atoms with E-state index in [-0.39, 0.29) is 0 Å². The van der Waals surface area contributed by atoms with E-state index in [4.69, 9.17) is 4.74 Å². The zero-order valence-corrected chi connectivity index (χ0v) is 11.6. The second-order valence-corrected chi connectivity index (χ2v) is 10.3. The van der Waals surface area contributed by atoms with Crippen molar-refractivity contribution in [3.05, 3.63) is 54.6 Å². The van der Waals surface area contributed by atoms with E-state index in [1.54, 1.807) is 0 Å². The van der Waals surface area contributed by atoms with Crippen molar-refractivity contribution in [3.8, 4) is 11.5 Å². The van der Waals surface area contributed by atoms with E-state index in [0.717, 1.165) is 11.5 Å². The molecule has 0 bridgehead atoms. The fourth-order valence-corrected chi connectivity index (χ4v) is 2.81. The minimum Gasteiger partial charge on any atom is -0.457 e. The van der Waals surface area contributed by atoms with E-state index >= 15 is 0 Å². The van der Waals surface area contributed by atoms with Gasteiger partial charge in [-0.15, -0.1) is 0 Å². The maximum absolute atomic E-state index is 5.76. The molecule has 0 aromatic heterocycles. The van der Waals surface area contributed by atoms with Gasteiger partial charge in [-0.05, 0) is 24.3 Å². The van der Waals surface area contributed by atoms with Gasteiger partial charge in [-0.1, -0.05) is 55.2 Å². The van der Waals surface area contributed by atoms with Crippen LogP contribution >= 0.6 is 0 Å². The zero-order chi connectivity index (χ0) is 12.3. The van der Waals surface area contributed by atoms with Gasteiger partial charge in [0, 0.05) is 0 Å². The number of hydrogen-bond donors (Lipinski definition) is 0. The topological polar surface area (TPSA) is 9.23 Å². The van der Waals surface area contributed by atoms with Gasteiger partial charge >= 0.3 is 0 Å². The molecule has 0 saturated carbocycles. The minimum absolute atomic E-state index is 0.883. The van der Waals surface area contributed by atoms with Crippen molar-refractivity contribution in [2.24, 2.45) is 0 Å². The number of ether oxygens (including phenoxy) is 1. The van der Waals surface area contributed by atoms with Crippen LogP contribution in [-0.2, 0) is 0 Å². The monoisotopic (exact) mass is 242 g/mol. The Balaban J connectivity index is 2.14. The SMILES string of the molecule is C[Si](C)(C)c1ccc(Oc2ccccc2)cc1. The maximum atomic E-state index is 5.76. The Bertz CT molecular complexity index is 469. The second-order valence-electron chi connectivity index (χ2n) is 5.19. The van der Waals surface area contributed by atoms with Crippen LogP contribution in [0.25, 0.3) is 0 Å². The van der Waals surface area contributed by atoms with Crippen LogP contribution in [0.2, 0.25) is 19.6 Å². The summed E-state index contributed by atoms with van der Waals surface area (Å²) in [6.45, 7) is 7.04. The standard InChI is InChI=1S/C15H18OSi/c1-17(2,3)15-11-9-14(10-12-15)16-13-7-5-4-6-8-13/h4-12H,1-3H3. The van der Waals surface area contributed by atoms with Gasteiger partial charge in [0.25, 0.3) is 0 Å². The van der Waals surface area contributed by atoms with Crippen molar-refractivity contribution in [2.75, 3.05) is 0 Å². The van der Waals surface area contributed by atoms with Gasteiger partial charge in [0.05, 0.1) is 8.07 Å². The Hall–Kier alpha value is -1.54. The average Bonchev–Trinajstić information content (AvgIpc) is 2.30. The van der Waals surface area contributed by atoms with E-state index in [1.165, 1.54) is 5.19 Å². The van der Waals surface area contributed by atoms with Crippen molar-refractivity contribution in [2.45, 2.75) is 19.6 Å². The van der Waals surface area contributed by atoms with Gasteiger partial charge in [0.2, 0.25) is 0 Å². The summed E-state index contributed by atoms with van der Waals surface area (Å²) in [5.74, 6) is 1.78. The average molecular weight is 242 g/mol. The van der Waals surface area contributed by atoms with Crippen LogP contribution in [0.5, 0.6) is 11.5 Å². The van der Waals surface area contributed by atoms with Crippen LogP contribution in [0.4, 0.5) is 0 Å². The predicted molar refractivity (Wildman–Crippen MR) is 75.9 cm³/mol. The normalized spacial score (nSPS) is 11.2. The third kappa shape index (κ3) is 3.20. The van der Waals surface area contributed by atoms with Crippen molar-refractivity contribution in [3.63, 3.8) is 0 Å². The van der Waals surface area contributed by atoms with Crippen molar-refractivity contribution in [1.29, 1.82) is 0 Å². The van der Waals surface area contributed by atoms with Gasteiger partial charge in [0.15, 0.2) is 0 Å². The summed E-state index contributed by atoms with van der Waals surface area (Å²) in [7, 11) is -1.20. The molecule has 2 rings (SSSR count). The Labute approximate surface area is 104 Å². The van der Waals surface area contributed by atoms with Crippen molar-refractivity contribution < 1.29 is 4.74 Å². The van der Waals surface area contributed by atoms with Gasteiger partial charge in [-0.3, -0.25) is 0 Å². The van der Waals surface area contributed by atoms with Gasteiger partial charge < -0.3 is 4.74 Å². The van der Waals surface area contributed by atoms with Gasteiger partial charge in [-0.2, -0.15) is 0 Å². The molecule has 2 heteroatoms. The highest BCUT2D eigenvalue weighted by Gasteiger charge is 2.15. The molecule has 0 N–H and O–H groups in total. The number of benzene rings is 2. The van der Waals surface area contributed by atoms with E-state index in [0.29, 0.717) is 0 Å². The molecule has 88 valence electrons. The molecule has 0 heterocycles. The molecular formula is C15H18OSi. The third-order valence-electron chi connectivity index (χ3n) is 2.70. The van der Waals surface area contributed by atoms with Gasteiger partial charge in [0.1, 0.15) is 11.5 Å². The lowest BCUT2D eigenvalue weighted by Gasteiger charge is -2.16. The fraction of sp³-hybridized carbons (Fsp3) is 0.200. The van der Waals surface area contributed by atoms with Crippen LogP contribution < -0.4 is 9.92 Å². The molecule has 0 fully saturated rings. The van der Waals surface area contributed by atoms with Crippen LogP contribution in [0.3, 0.4) is 0 Å². The molecule has 0 spiro atoms. The highest BCUT2D eigenvalue weighted by Crippen LogP contribution is 2.20. The molecule has 0 atom stereocenters. The Morgan fingerprint density at radius 2 is 1.24 bits per heavy atom. The number of para-hydroxylation sites is 1. The largest absolute Gasteiger partial charge is 0.457 e. The first-order valence-electron chi connectivity index (χ1n) is 5.89. The highest BCUT2D eigenvalue weighted by atomic mass is 28.3. The molecule has 17 heavy (non-hydrogen) atoms. The summed E-state index contributed by atoms with van der Waals surface area (Å²) >= 11 is 0. The molecular weight excluding hydrogens is 224 g/mol. The van der Waals surface area contributed by atoms with Crippen LogP contribution in [-0.4, -0.2) is 8.07 Å². The van der Waals surface area contributed by atoms with E-state index in [9.17, 15) is 0 Å². The van der Waals surface area contributed by atoms with Crippen molar-refractivity contribution in [1.82, 2.24) is 0 Å². The first-order chi connectivity index (χ1) is 8.05. The molecule has 1 nitrogen and oxygen atoms in total. The minimum atomic E-state index is -1.20. The smallest absolute Gasteiger partial charge is 0.127 e. The molecule has 0 aliphatic heterocycles. The molecule has 2 aromatic carbocycles.